The second-order valence-corrected chi connectivity index (χ2v) is 5.41. The quantitative estimate of drug-likeness (QED) is 0.476. The zero-order chi connectivity index (χ0) is 16.8. The molecule has 0 radical (unpaired) electrons. The van der Waals surface area contributed by atoms with E-state index in [1.165, 1.54) is 0 Å². The molecule has 0 N–H and O–H groups in total. The van der Waals surface area contributed by atoms with Gasteiger partial charge < -0.3 is 9.57 Å². The number of aromatic nitrogens is 1. The predicted octanol–water partition coefficient (Wildman–Crippen LogP) is 3.70. The Morgan fingerprint density at radius 2 is 1.83 bits per heavy atom. The number of carbonyl (C=O) groups excluding carboxylic acids is 1. The van der Waals surface area contributed by atoms with Gasteiger partial charge in [0.05, 0.1) is 5.71 Å². The summed E-state index contributed by atoms with van der Waals surface area (Å²) in [5.41, 5.74) is 3.19. The summed E-state index contributed by atoms with van der Waals surface area (Å²) in [6.45, 7) is 5.27. The van der Waals surface area contributed by atoms with Gasteiger partial charge in [-0.25, -0.2) is 4.79 Å². The van der Waals surface area contributed by atoms with Crippen molar-refractivity contribution in [1.29, 1.82) is 0 Å². The number of pyridine rings is 1. The summed E-state index contributed by atoms with van der Waals surface area (Å²) in [6.07, 6.45) is 3.29. The lowest BCUT2D eigenvalue weighted by molar-refractivity contribution is -0.146. The Morgan fingerprint density at radius 1 is 1.22 bits per heavy atom. The van der Waals surface area contributed by atoms with E-state index in [0.29, 0.717) is 16.5 Å². The van der Waals surface area contributed by atoms with Crippen molar-refractivity contribution in [3.63, 3.8) is 0 Å². The molecule has 0 unspecified atom stereocenters. The lowest BCUT2D eigenvalue weighted by Gasteiger charge is -2.08. The predicted molar refractivity (Wildman–Crippen MR) is 89.0 cm³/mol. The minimum atomic E-state index is -0.580. The molecule has 2 rings (SSSR count). The van der Waals surface area contributed by atoms with Crippen LogP contribution in [0.5, 0.6) is 5.75 Å². The first-order valence-electron chi connectivity index (χ1n) is 7.01. The molecular formula is C17H17ClN2O3. The summed E-state index contributed by atoms with van der Waals surface area (Å²) < 4.78 is 5.41. The van der Waals surface area contributed by atoms with Crippen LogP contribution in [0.3, 0.4) is 0 Å². The van der Waals surface area contributed by atoms with Crippen LogP contribution in [0, 0.1) is 13.8 Å². The minimum Gasteiger partial charge on any atom is -0.482 e. The summed E-state index contributed by atoms with van der Waals surface area (Å²) in [6, 6.07) is 7.10. The van der Waals surface area contributed by atoms with Crippen molar-refractivity contribution in [1.82, 2.24) is 4.98 Å². The van der Waals surface area contributed by atoms with E-state index in [9.17, 15) is 4.79 Å². The number of carbonyl (C=O) groups is 1. The fraction of sp³-hybridized carbons (Fsp3) is 0.235. The highest BCUT2D eigenvalue weighted by atomic mass is 35.5. The molecular weight excluding hydrogens is 316 g/mol. The number of benzene rings is 1. The zero-order valence-electron chi connectivity index (χ0n) is 13.2. The largest absolute Gasteiger partial charge is 0.482 e. The second-order valence-electron chi connectivity index (χ2n) is 5.04. The Kier molecular flexibility index (Phi) is 5.71. The van der Waals surface area contributed by atoms with Crippen molar-refractivity contribution in [2.45, 2.75) is 20.8 Å². The maximum absolute atomic E-state index is 11.7. The van der Waals surface area contributed by atoms with Gasteiger partial charge in [-0.05, 0) is 56.2 Å². The van der Waals surface area contributed by atoms with E-state index in [4.69, 9.17) is 21.2 Å². The molecule has 2 aromatic rings. The topological polar surface area (TPSA) is 60.8 Å². The number of aryl methyl sites for hydroxylation is 2. The molecule has 0 bridgehead atoms. The summed E-state index contributed by atoms with van der Waals surface area (Å²) in [5, 5.41) is 4.49. The smallest absolute Gasteiger partial charge is 0.372 e. The Balaban J connectivity index is 1.91. The van der Waals surface area contributed by atoms with Gasteiger partial charge in [0.1, 0.15) is 5.75 Å². The molecule has 0 aliphatic rings. The molecule has 1 aromatic carbocycles. The highest BCUT2D eigenvalue weighted by molar-refractivity contribution is 6.32. The van der Waals surface area contributed by atoms with E-state index in [2.05, 4.69) is 10.1 Å². The number of rotatable bonds is 5. The van der Waals surface area contributed by atoms with Gasteiger partial charge in [-0.1, -0.05) is 16.8 Å². The Bertz CT molecular complexity index is 707. The van der Waals surface area contributed by atoms with E-state index in [0.717, 1.165) is 16.7 Å². The number of oxime groups is 1. The summed E-state index contributed by atoms with van der Waals surface area (Å²) in [5.74, 6) is -0.0140. The second kappa shape index (κ2) is 7.74. The van der Waals surface area contributed by atoms with Crippen molar-refractivity contribution < 1.29 is 14.4 Å². The van der Waals surface area contributed by atoms with E-state index in [1.54, 1.807) is 43.6 Å². The fourth-order valence-corrected chi connectivity index (χ4v) is 2.03. The SMILES string of the molecule is C/C(=N\OC(=O)COc1cc(C)c(Cl)c(C)c1)c1ccncc1. The third-order valence-electron chi connectivity index (χ3n) is 3.15. The average Bonchev–Trinajstić information content (AvgIpc) is 2.56. The highest BCUT2D eigenvalue weighted by Crippen LogP contribution is 2.25. The van der Waals surface area contributed by atoms with Crippen LogP contribution in [0.25, 0.3) is 0 Å². The molecule has 0 saturated heterocycles. The number of halogens is 1. The fourth-order valence-electron chi connectivity index (χ4n) is 1.92. The minimum absolute atomic E-state index is 0.229. The van der Waals surface area contributed by atoms with Gasteiger partial charge in [0.25, 0.3) is 0 Å². The summed E-state index contributed by atoms with van der Waals surface area (Å²) in [4.78, 5) is 20.5. The molecule has 0 saturated carbocycles. The van der Waals surface area contributed by atoms with Crippen molar-refractivity contribution in [2.75, 3.05) is 6.61 Å². The van der Waals surface area contributed by atoms with Gasteiger partial charge in [0.15, 0.2) is 6.61 Å². The van der Waals surface area contributed by atoms with E-state index in [1.807, 2.05) is 13.8 Å². The summed E-state index contributed by atoms with van der Waals surface area (Å²) in [7, 11) is 0. The molecule has 0 fully saturated rings. The van der Waals surface area contributed by atoms with Gasteiger partial charge in [0.2, 0.25) is 0 Å². The number of hydrogen-bond donors (Lipinski definition) is 0. The first-order chi connectivity index (χ1) is 11.0. The first kappa shape index (κ1) is 17.0. The Labute approximate surface area is 139 Å². The van der Waals surface area contributed by atoms with Gasteiger partial charge in [-0.2, -0.15) is 0 Å². The lowest BCUT2D eigenvalue weighted by atomic mass is 10.1. The molecule has 1 aromatic heterocycles. The van der Waals surface area contributed by atoms with E-state index >= 15 is 0 Å². The van der Waals surface area contributed by atoms with Crippen LogP contribution in [0.15, 0.2) is 41.8 Å². The van der Waals surface area contributed by atoms with Gasteiger partial charge in [0, 0.05) is 23.0 Å². The summed E-state index contributed by atoms with van der Waals surface area (Å²) >= 11 is 6.09. The molecule has 0 spiro atoms. The van der Waals surface area contributed by atoms with Crippen LogP contribution in [-0.4, -0.2) is 23.3 Å². The molecule has 23 heavy (non-hydrogen) atoms. The van der Waals surface area contributed by atoms with Crippen LogP contribution in [0.1, 0.15) is 23.6 Å². The standard InChI is InChI=1S/C17H17ClN2O3/c1-11-8-15(9-12(2)17(11)18)22-10-16(21)23-20-13(3)14-4-6-19-7-5-14/h4-9H,10H2,1-3H3/b20-13+. The van der Waals surface area contributed by atoms with Crippen molar-refractivity contribution in [3.05, 3.63) is 58.4 Å². The molecule has 5 nitrogen and oxygen atoms in total. The van der Waals surface area contributed by atoms with Gasteiger partial charge >= 0.3 is 5.97 Å². The maximum Gasteiger partial charge on any atom is 0.372 e. The number of ether oxygens (including phenoxy) is 1. The van der Waals surface area contributed by atoms with E-state index < -0.39 is 5.97 Å². The van der Waals surface area contributed by atoms with E-state index in [-0.39, 0.29) is 6.61 Å². The molecule has 0 atom stereocenters. The Morgan fingerprint density at radius 3 is 2.43 bits per heavy atom. The average molecular weight is 333 g/mol. The third kappa shape index (κ3) is 4.79. The number of nitrogens with zero attached hydrogens (tertiary/aromatic N) is 2. The van der Waals surface area contributed by atoms with Crippen molar-refractivity contribution in [2.24, 2.45) is 5.16 Å². The van der Waals surface area contributed by atoms with Crippen molar-refractivity contribution >= 4 is 23.3 Å². The zero-order valence-corrected chi connectivity index (χ0v) is 13.9. The first-order valence-corrected chi connectivity index (χ1v) is 7.39. The highest BCUT2D eigenvalue weighted by Gasteiger charge is 2.08. The molecule has 0 amide bonds. The lowest BCUT2D eigenvalue weighted by Crippen LogP contribution is -2.13. The molecule has 1 heterocycles. The monoisotopic (exact) mass is 332 g/mol. The number of hydrogen-bond acceptors (Lipinski definition) is 5. The van der Waals surface area contributed by atoms with Gasteiger partial charge in [-0.15, -0.1) is 0 Å². The Hall–Kier alpha value is -2.40. The molecule has 0 aliphatic heterocycles. The van der Waals surface area contributed by atoms with Crippen LogP contribution in [0.2, 0.25) is 5.02 Å². The molecule has 120 valence electrons. The molecule has 6 heteroatoms. The van der Waals surface area contributed by atoms with Crippen LogP contribution < -0.4 is 4.74 Å². The normalized spacial score (nSPS) is 11.2. The maximum atomic E-state index is 11.7. The van der Waals surface area contributed by atoms with Crippen molar-refractivity contribution in [3.8, 4) is 5.75 Å². The van der Waals surface area contributed by atoms with Gasteiger partial charge in [-0.3, -0.25) is 4.98 Å². The molecule has 0 aliphatic carbocycles. The van der Waals surface area contributed by atoms with Crippen LogP contribution >= 0.6 is 11.6 Å². The van der Waals surface area contributed by atoms with Crippen LogP contribution in [-0.2, 0) is 9.63 Å². The van der Waals surface area contributed by atoms with Crippen LogP contribution in [0.4, 0.5) is 0 Å². The third-order valence-corrected chi connectivity index (χ3v) is 3.75.